The third kappa shape index (κ3) is 2.77. The van der Waals surface area contributed by atoms with Gasteiger partial charge in [-0.1, -0.05) is 0 Å². The maximum atomic E-state index is 12.6. The first-order valence-electron chi connectivity index (χ1n) is 7.92. The van der Waals surface area contributed by atoms with Gasteiger partial charge in [-0.2, -0.15) is 4.31 Å². The highest BCUT2D eigenvalue weighted by molar-refractivity contribution is 7.92. The van der Waals surface area contributed by atoms with Crippen molar-refractivity contribution in [2.45, 2.75) is 44.0 Å². The Kier molecular flexibility index (Phi) is 4.18. The molecule has 0 spiro atoms. The third-order valence-electron chi connectivity index (χ3n) is 4.57. The number of sulfonamides is 2. The summed E-state index contributed by atoms with van der Waals surface area (Å²) < 4.78 is 52.8. The van der Waals surface area contributed by atoms with Crippen molar-refractivity contribution in [2.75, 3.05) is 23.1 Å². The van der Waals surface area contributed by atoms with E-state index in [1.54, 1.807) is 19.1 Å². The summed E-state index contributed by atoms with van der Waals surface area (Å²) in [5.41, 5.74) is 1.40. The fraction of sp³-hybridized carbons (Fsp3) is 0.600. The maximum absolute atomic E-state index is 12.6. The molecule has 0 bridgehead atoms. The lowest BCUT2D eigenvalue weighted by molar-refractivity contribution is 0.477. The summed E-state index contributed by atoms with van der Waals surface area (Å²) in [4.78, 5) is 0.265. The van der Waals surface area contributed by atoms with Gasteiger partial charge in [0.25, 0.3) is 0 Å². The first kappa shape index (κ1) is 16.7. The van der Waals surface area contributed by atoms with Gasteiger partial charge in [-0.25, -0.2) is 16.8 Å². The molecule has 2 aliphatic heterocycles. The van der Waals surface area contributed by atoms with Crippen LogP contribution in [0.25, 0.3) is 0 Å². The van der Waals surface area contributed by atoms with Crippen LogP contribution in [0, 0.1) is 0 Å². The van der Waals surface area contributed by atoms with E-state index in [4.69, 9.17) is 0 Å². The second kappa shape index (κ2) is 5.75. The molecule has 2 heterocycles. The molecule has 3 rings (SSSR count). The molecule has 0 N–H and O–H groups in total. The molecule has 0 aliphatic carbocycles. The monoisotopic (exact) mass is 358 g/mol. The Labute approximate surface area is 138 Å². The smallest absolute Gasteiger partial charge is 0.243 e. The molecular weight excluding hydrogens is 336 g/mol. The fourth-order valence-corrected chi connectivity index (χ4v) is 6.33. The highest BCUT2D eigenvalue weighted by atomic mass is 32.2. The zero-order valence-electron chi connectivity index (χ0n) is 13.4. The van der Waals surface area contributed by atoms with Gasteiger partial charge in [0.15, 0.2) is 0 Å². The summed E-state index contributed by atoms with van der Waals surface area (Å²) in [6, 6.07) is 4.63. The van der Waals surface area contributed by atoms with Crippen molar-refractivity contribution in [1.82, 2.24) is 4.31 Å². The molecule has 1 atom stereocenters. The number of hydrogen-bond donors (Lipinski definition) is 0. The minimum absolute atomic E-state index is 0.0323. The van der Waals surface area contributed by atoms with Crippen molar-refractivity contribution in [1.29, 1.82) is 0 Å². The largest absolute Gasteiger partial charge is 0.267 e. The molecule has 8 heteroatoms. The van der Waals surface area contributed by atoms with E-state index in [0.717, 1.165) is 18.4 Å². The molecular formula is C15H22N2O4S2. The quantitative estimate of drug-likeness (QED) is 0.819. The minimum Gasteiger partial charge on any atom is -0.267 e. The molecule has 1 saturated heterocycles. The van der Waals surface area contributed by atoms with Crippen LogP contribution in [0.3, 0.4) is 0 Å². The number of nitrogens with zero attached hydrogens (tertiary/aromatic N) is 2. The fourth-order valence-electron chi connectivity index (χ4n) is 3.38. The lowest BCUT2D eigenvalue weighted by Crippen LogP contribution is -2.36. The lowest BCUT2D eigenvalue weighted by atomic mass is 10.1. The van der Waals surface area contributed by atoms with Crippen LogP contribution in [-0.2, 0) is 26.5 Å². The van der Waals surface area contributed by atoms with Gasteiger partial charge in [-0.3, -0.25) is 4.31 Å². The van der Waals surface area contributed by atoms with Crippen LogP contribution < -0.4 is 4.31 Å². The molecule has 1 aromatic rings. The van der Waals surface area contributed by atoms with Gasteiger partial charge < -0.3 is 0 Å². The first-order valence-corrected chi connectivity index (χ1v) is 11.0. The molecule has 1 fully saturated rings. The van der Waals surface area contributed by atoms with E-state index in [0.29, 0.717) is 25.2 Å². The van der Waals surface area contributed by atoms with Gasteiger partial charge in [0.05, 0.1) is 16.3 Å². The first-order chi connectivity index (χ1) is 10.8. The van der Waals surface area contributed by atoms with Crippen molar-refractivity contribution in [3.8, 4) is 0 Å². The van der Waals surface area contributed by atoms with Crippen LogP contribution in [0.5, 0.6) is 0 Å². The zero-order chi connectivity index (χ0) is 16.8. The average Bonchev–Trinajstić information content (AvgIpc) is 3.13. The Morgan fingerprint density at radius 1 is 1.13 bits per heavy atom. The van der Waals surface area contributed by atoms with Crippen LogP contribution in [0.1, 0.15) is 32.3 Å². The molecule has 0 aromatic heterocycles. The number of rotatable bonds is 4. The average molecular weight is 358 g/mol. The topological polar surface area (TPSA) is 74.8 Å². The molecule has 0 amide bonds. The molecule has 0 radical (unpaired) electrons. The Hall–Kier alpha value is -1.12. The van der Waals surface area contributed by atoms with Gasteiger partial charge >= 0.3 is 0 Å². The van der Waals surface area contributed by atoms with E-state index in [2.05, 4.69) is 0 Å². The highest BCUT2D eigenvalue weighted by Crippen LogP contribution is 2.36. The minimum atomic E-state index is -3.47. The van der Waals surface area contributed by atoms with Crippen molar-refractivity contribution in [3.05, 3.63) is 23.8 Å². The number of hydrogen-bond acceptors (Lipinski definition) is 4. The van der Waals surface area contributed by atoms with Crippen LogP contribution in [0.4, 0.5) is 5.69 Å². The standard InChI is InChI=1S/C15H22N2O4S2/c1-3-22(18,19)17-12(2)10-13-11-14(6-7-15(13)17)23(20,21)16-8-4-5-9-16/h6-7,11-12H,3-5,8-10H2,1-2H3/t12-/m1/s1. The predicted octanol–water partition coefficient (Wildman–Crippen LogP) is 1.57. The molecule has 6 nitrogen and oxygen atoms in total. The van der Waals surface area contributed by atoms with Crippen molar-refractivity contribution in [3.63, 3.8) is 0 Å². The molecule has 1 aromatic carbocycles. The summed E-state index contributed by atoms with van der Waals surface area (Å²) in [6.07, 6.45) is 2.32. The summed E-state index contributed by atoms with van der Waals surface area (Å²) in [6.45, 7) is 4.59. The second-order valence-electron chi connectivity index (χ2n) is 6.15. The summed E-state index contributed by atoms with van der Waals surface area (Å²) >= 11 is 0. The Balaban J connectivity index is 2.01. The third-order valence-corrected chi connectivity index (χ3v) is 8.35. The van der Waals surface area contributed by atoms with E-state index in [9.17, 15) is 16.8 Å². The lowest BCUT2D eigenvalue weighted by Gasteiger charge is -2.23. The molecule has 23 heavy (non-hydrogen) atoms. The predicted molar refractivity (Wildman–Crippen MR) is 89.5 cm³/mol. The number of fused-ring (bicyclic) bond motifs is 1. The SMILES string of the molecule is CCS(=O)(=O)N1c2ccc(S(=O)(=O)N3CCCC3)cc2C[C@H]1C. The van der Waals surface area contributed by atoms with Crippen LogP contribution in [0.2, 0.25) is 0 Å². The van der Waals surface area contributed by atoms with Gasteiger partial charge in [-0.05, 0) is 56.9 Å². The summed E-state index contributed by atoms with van der Waals surface area (Å²) in [5, 5.41) is 0. The maximum Gasteiger partial charge on any atom is 0.243 e. The molecule has 128 valence electrons. The Morgan fingerprint density at radius 2 is 1.78 bits per heavy atom. The van der Waals surface area contributed by atoms with Gasteiger partial charge in [0.1, 0.15) is 0 Å². The van der Waals surface area contributed by atoms with Crippen LogP contribution in [-0.4, -0.2) is 46.0 Å². The summed E-state index contributed by atoms with van der Waals surface area (Å²) in [5.74, 6) is 0.0323. The Bertz CT molecular complexity index is 812. The number of benzene rings is 1. The normalized spacial score (nSPS) is 22.5. The van der Waals surface area contributed by atoms with Gasteiger partial charge in [0, 0.05) is 19.1 Å². The molecule has 2 aliphatic rings. The molecule has 0 saturated carbocycles. The zero-order valence-corrected chi connectivity index (χ0v) is 15.0. The van der Waals surface area contributed by atoms with Gasteiger partial charge in [-0.15, -0.1) is 0 Å². The highest BCUT2D eigenvalue weighted by Gasteiger charge is 2.35. The van der Waals surface area contributed by atoms with Gasteiger partial charge in [0.2, 0.25) is 20.0 Å². The van der Waals surface area contributed by atoms with E-state index in [1.807, 2.05) is 6.92 Å². The van der Waals surface area contributed by atoms with Crippen molar-refractivity contribution >= 4 is 25.7 Å². The van der Waals surface area contributed by atoms with E-state index < -0.39 is 20.0 Å². The van der Waals surface area contributed by atoms with Crippen LogP contribution in [0.15, 0.2) is 23.1 Å². The van der Waals surface area contributed by atoms with E-state index >= 15 is 0 Å². The second-order valence-corrected chi connectivity index (χ2v) is 10.2. The molecule has 0 unspecified atom stereocenters. The van der Waals surface area contributed by atoms with Crippen molar-refractivity contribution < 1.29 is 16.8 Å². The van der Waals surface area contributed by atoms with Crippen molar-refractivity contribution in [2.24, 2.45) is 0 Å². The summed E-state index contributed by atoms with van der Waals surface area (Å²) in [7, 11) is -6.82. The Morgan fingerprint density at radius 3 is 2.39 bits per heavy atom. The van der Waals surface area contributed by atoms with E-state index in [-0.39, 0.29) is 16.7 Å². The number of anilines is 1. The van der Waals surface area contributed by atoms with E-state index in [1.165, 1.54) is 14.7 Å². The van der Waals surface area contributed by atoms with Crippen LogP contribution >= 0.6 is 0 Å².